The molecule has 0 fully saturated rings. The summed E-state index contributed by atoms with van der Waals surface area (Å²) in [6.07, 6.45) is 1.82. The molecule has 13 heavy (non-hydrogen) atoms. The molecule has 0 atom stereocenters. The fourth-order valence-corrected chi connectivity index (χ4v) is 1.26. The summed E-state index contributed by atoms with van der Waals surface area (Å²) in [6.45, 7) is 7.66. The van der Waals surface area contributed by atoms with Crippen LogP contribution in [0.3, 0.4) is 0 Å². The highest BCUT2D eigenvalue weighted by Gasteiger charge is 2.18. The SMILES string of the molecule is CCC(CC)C(=O)CC(=O)C(C)C. The molecule has 0 spiro atoms. The maximum absolute atomic E-state index is 11.5. The van der Waals surface area contributed by atoms with Crippen molar-refractivity contribution in [2.45, 2.75) is 47.0 Å². The van der Waals surface area contributed by atoms with Crippen LogP contribution in [-0.2, 0) is 9.59 Å². The molecule has 76 valence electrons. The summed E-state index contributed by atoms with van der Waals surface area (Å²) < 4.78 is 0. The third-order valence-electron chi connectivity index (χ3n) is 2.43. The fourth-order valence-electron chi connectivity index (χ4n) is 1.26. The summed E-state index contributed by atoms with van der Waals surface area (Å²) in [5.41, 5.74) is 0. The zero-order valence-electron chi connectivity index (χ0n) is 9.09. The quantitative estimate of drug-likeness (QED) is 0.595. The van der Waals surface area contributed by atoms with Gasteiger partial charge >= 0.3 is 0 Å². The lowest BCUT2D eigenvalue weighted by Crippen LogP contribution is -2.19. The van der Waals surface area contributed by atoms with Crippen molar-refractivity contribution in [2.24, 2.45) is 11.8 Å². The lowest BCUT2D eigenvalue weighted by molar-refractivity contribution is -0.130. The van der Waals surface area contributed by atoms with Crippen molar-refractivity contribution in [2.75, 3.05) is 0 Å². The van der Waals surface area contributed by atoms with E-state index in [9.17, 15) is 9.59 Å². The highest BCUT2D eigenvalue weighted by molar-refractivity contribution is 6.00. The number of Topliss-reactive ketones (excluding diaryl/α,β-unsaturated/α-hetero) is 2. The maximum Gasteiger partial charge on any atom is 0.143 e. The van der Waals surface area contributed by atoms with E-state index >= 15 is 0 Å². The van der Waals surface area contributed by atoms with E-state index in [0.717, 1.165) is 12.8 Å². The second-order valence-electron chi connectivity index (χ2n) is 3.78. The third-order valence-corrected chi connectivity index (χ3v) is 2.43. The molecule has 0 unspecified atom stereocenters. The van der Waals surface area contributed by atoms with E-state index in [1.165, 1.54) is 0 Å². The van der Waals surface area contributed by atoms with Crippen molar-refractivity contribution in [1.29, 1.82) is 0 Å². The van der Waals surface area contributed by atoms with E-state index in [-0.39, 0.29) is 29.8 Å². The molecule has 0 saturated heterocycles. The van der Waals surface area contributed by atoms with Gasteiger partial charge in [-0.3, -0.25) is 9.59 Å². The molecule has 0 radical (unpaired) electrons. The van der Waals surface area contributed by atoms with Gasteiger partial charge in [0.1, 0.15) is 11.6 Å². The van der Waals surface area contributed by atoms with Gasteiger partial charge in [-0.05, 0) is 12.8 Å². The Morgan fingerprint density at radius 3 is 1.77 bits per heavy atom. The third kappa shape index (κ3) is 4.20. The van der Waals surface area contributed by atoms with Crippen LogP contribution in [0.4, 0.5) is 0 Å². The van der Waals surface area contributed by atoms with E-state index in [1.807, 2.05) is 27.7 Å². The molecule has 0 amide bonds. The monoisotopic (exact) mass is 184 g/mol. The summed E-state index contributed by atoms with van der Waals surface area (Å²) in [5, 5.41) is 0. The van der Waals surface area contributed by atoms with Crippen molar-refractivity contribution >= 4 is 11.6 Å². The van der Waals surface area contributed by atoms with Gasteiger partial charge in [0.25, 0.3) is 0 Å². The molecule has 0 N–H and O–H groups in total. The van der Waals surface area contributed by atoms with E-state index in [4.69, 9.17) is 0 Å². The van der Waals surface area contributed by atoms with Gasteiger partial charge < -0.3 is 0 Å². The second kappa shape index (κ2) is 5.90. The van der Waals surface area contributed by atoms with Gasteiger partial charge in [-0.2, -0.15) is 0 Å². The average Bonchev–Trinajstić information content (AvgIpc) is 2.06. The largest absolute Gasteiger partial charge is 0.299 e. The van der Waals surface area contributed by atoms with Gasteiger partial charge in [0, 0.05) is 11.8 Å². The average molecular weight is 184 g/mol. The molecule has 0 aliphatic carbocycles. The molecule has 2 nitrogen and oxygen atoms in total. The van der Waals surface area contributed by atoms with Gasteiger partial charge in [0.05, 0.1) is 6.42 Å². The number of hydrogen-bond donors (Lipinski definition) is 0. The minimum absolute atomic E-state index is 0.0155. The number of rotatable bonds is 6. The number of carbonyl (C=O) groups excluding carboxylic acids is 2. The minimum atomic E-state index is -0.0155. The molecule has 2 heteroatoms. The summed E-state index contributed by atoms with van der Waals surface area (Å²) in [5.74, 6) is 0.251. The zero-order valence-corrected chi connectivity index (χ0v) is 9.09. The van der Waals surface area contributed by atoms with Crippen LogP contribution in [-0.4, -0.2) is 11.6 Å². The molecule has 0 aromatic carbocycles. The van der Waals surface area contributed by atoms with E-state index in [2.05, 4.69) is 0 Å². The Morgan fingerprint density at radius 1 is 1.00 bits per heavy atom. The fraction of sp³-hybridized carbons (Fsp3) is 0.818. The van der Waals surface area contributed by atoms with Gasteiger partial charge in [0.2, 0.25) is 0 Å². The summed E-state index contributed by atoms with van der Waals surface area (Å²) in [6, 6.07) is 0. The van der Waals surface area contributed by atoms with Gasteiger partial charge in [-0.1, -0.05) is 27.7 Å². The Morgan fingerprint density at radius 2 is 1.46 bits per heavy atom. The standard InChI is InChI=1S/C11H20O2/c1-5-9(6-2)11(13)7-10(12)8(3)4/h8-9H,5-7H2,1-4H3. The smallest absolute Gasteiger partial charge is 0.143 e. The van der Waals surface area contributed by atoms with Crippen molar-refractivity contribution in [3.8, 4) is 0 Å². The molecular weight excluding hydrogens is 164 g/mol. The predicted molar refractivity (Wildman–Crippen MR) is 53.5 cm³/mol. The van der Waals surface area contributed by atoms with Gasteiger partial charge in [-0.25, -0.2) is 0 Å². The van der Waals surface area contributed by atoms with Crippen LogP contribution in [0.25, 0.3) is 0 Å². The normalized spacial score (nSPS) is 10.9. The molecular formula is C11H20O2. The zero-order chi connectivity index (χ0) is 10.4. The molecule has 0 aliphatic rings. The van der Waals surface area contributed by atoms with Crippen LogP contribution in [0.1, 0.15) is 47.0 Å². The Hall–Kier alpha value is -0.660. The second-order valence-corrected chi connectivity index (χ2v) is 3.78. The number of carbonyl (C=O) groups is 2. The van der Waals surface area contributed by atoms with Crippen molar-refractivity contribution in [3.05, 3.63) is 0 Å². The van der Waals surface area contributed by atoms with E-state index < -0.39 is 0 Å². The van der Waals surface area contributed by atoms with Crippen molar-refractivity contribution in [3.63, 3.8) is 0 Å². The molecule has 0 rings (SSSR count). The number of hydrogen-bond acceptors (Lipinski definition) is 2. The Bertz CT molecular complexity index is 179. The highest BCUT2D eigenvalue weighted by Crippen LogP contribution is 2.12. The van der Waals surface area contributed by atoms with Crippen LogP contribution in [0.2, 0.25) is 0 Å². The first kappa shape index (κ1) is 12.3. The van der Waals surface area contributed by atoms with Crippen molar-refractivity contribution < 1.29 is 9.59 Å². The Kier molecular flexibility index (Phi) is 5.60. The van der Waals surface area contributed by atoms with Crippen LogP contribution in [0.5, 0.6) is 0 Å². The number of ketones is 2. The highest BCUT2D eigenvalue weighted by atomic mass is 16.1. The van der Waals surface area contributed by atoms with Gasteiger partial charge in [-0.15, -0.1) is 0 Å². The Balaban J connectivity index is 4.06. The summed E-state index contributed by atoms with van der Waals surface area (Å²) in [7, 11) is 0. The Labute approximate surface area is 80.7 Å². The first-order valence-electron chi connectivity index (χ1n) is 5.08. The van der Waals surface area contributed by atoms with Crippen LogP contribution in [0, 0.1) is 11.8 Å². The predicted octanol–water partition coefficient (Wildman–Crippen LogP) is 2.61. The summed E-state index contributed by atoms with van der Waals surface area (Å²) >= 11 is 0. The first-order valence-corrected chi connectivity index (χ1v) is 5.08. The van der Waals surface area contributed by atoms with Crippen molar-refractivity contribution in [1.82, 2.24) is 0 Å². The minimum Gasteiger partial charge on any atom is -0.299 e. The van der Waals surface area contributed by atoms with E-state index in [1.54, 1.807) is 0 Å². The maximum atomic E-state index is 11.5. The first-order chi connectivity index (χ1) is 6.02. The lowest BCUT2D eigenvalue weighted by Gasteiger charge is -2.10. The lowest BCUT2D eigenvalue weighted by atomic mass is 9.92. The van der Waals surface area contributed by atoms with Crippen LogP contribution in [0.15, 0.2) is 0 Å². The molecule has 0 aromatic rings. The molecule has 0 heterocycles. The van der Waals surface area contributed by atoms with Crippen LogP contribution >= 0.6 is 0 Å². The molecule has 0 aromatic heterocycles. The molecule has 0 aliphatic heterocycles. The summed E-state index contributed by atoms with van der Waals surface area (Å²) in [4.78, 5) is 22.8. The van der Waals surface area contributed by atoms with E-state index in [0.29, 0.717) is 0 Å². The van der Waals surface area contributed by atoms with Gasteiger partial charge in [0.15, 0.2) is 0 Å². The van der Waals surface area contributed by atoms with Crippen LogP contribution < -0.4 is 0 Å². The molecule has 0 saturated carbocycles. The topological polar surface area (TPSA) is 34.1 Å². The molecule has 0 bridgehead atoms.